The Morgan fingerprint density at radius 3 is 2.60 bits per heavy atom. The lowest BCUT2D eigenvalue weighted by molar-refractivity contribution is 0.0447. The first-order valence-electron chi connectivity index (χ1n) is 9.01. The van der Waals surface area contributed by atoms with Gasteiger partial charge in [0.2, 0.25) is 0 Å². The number of ether oxygens (including phenoxy) is 1. The molecule has 1 aliphatic heterocycles. The minimum Gasteiger partial charge on any atom is -0.376 e. The zero-order chi connectivity index (χ0) is 17.1. The van der Waals surface area contributed by atoms with Gasteiger partial charge in [0.1, 0.15) is 18.5 Å². The highest BCUT2D eigenvalue weighted by Crippen LogP contribution is 2.28. The number of aromatic nitrogens is 4. The summed E-state index contributed by atoms with van der Waals surface area (Å²) in [5.41, 5.74) is 0.620. The average molecular weight is 341 g/mol. The summed E-state index contributed by atoms with van der Waals surface area (Å²) in [5, 5.41) is 7.55. The van der Waals surface area contributed by atoms with Gasteiger partial charge in [-0.3, -0.25) is 9.36 Å². The molecular formula is C18H23N5O2. The Labute approximate surface area is 147 Å². The molecule has 0 unspecified atom stereocenters. The van der Waals surface area contributed by atoms with E-state index < -0.39 is 0 Å². The Hall–Kier alpha value is -2.28. The second-order valence-electron chi connectivity index (χ2n) is 6.92. The number of nitrogens with zero attached hydrogens (tertiary/aromatic N) is 5. The monoisotopic (exact) mass is 341 g/mol. The minimum atomic E-state index is 0.0465. The van der Waals surface area contributed by atoms with Crippen LogP contribution in [0.1, 0.15) is 42.5 Å². The fraction of sp³-hybridized carbons (Fsp3) is 0.556. The summed E-state index contributed by atoms with van der Waals surface area (Å²) < 4.78 is 7.46. The lowest BCUT2D eigenvalue weighted by atomic mass is 9.85. The Morgan fingerprint density at radius 1 is 1.16 bits per heavy atom. The van der Waals surface area contributed by atoms with Gasteiger partial charge < -0.3 is 9.64 Å². The van der Waals surface area contributed by atoms with Crippen LogP contribution in [0.25, 0.3) is 5.82 Å². The van der Waals surface area contributed by atoms with E-state index in [0.29, 0.717) is 23.8 Å². The Kier molecular flexibility index (Phi) is 4.74. The van der Waals surface area contributed by atoms with Gasteiger partial charge in [0.25, 0.3) is 5.91 Å². The molecule has 132 valence electrons. The first-order valence-corrected chi connectivity index (χ1v) is 9.01. The number of carbonyl (C=O) groups is 1. The molecule has 0 radical (unpaired) electrons. The molecule has 1 saturated carbocycles. The summed E-state index contributed by atoms with van der Waals surface area (Å²) in [4.78, 5) is 19.3. The zero-order valence-electron chi connectivity index (χ0n) is 14.3. The second kappa shape index (κ2) is 7.31. The van der Waals surface area contributed by atoms with Crippen LogP contribution >= 0.6 is 0 Å². The van der Waals surface area contributed by atoms with Crippen LogP contribution in [-0.4, -0.2) is 56.4 Å². The quantitative estimate of drug-likeness (QED) is 0.804. The van der Waals surface area contributed by atoms with E-state index in [9.17, 15) is 4.79 Å². The van der Waals surface area contributed by atoms with Gasteiger partial charge in [0, 0.05) is 25.9 Å². The molecule has 0 bridgehead atoms. The molecule has 4 rings (SSSR count). The number of hydrogen-bond donors (Lipinski definition) is 0. The molecular weight excluding hydrogens is 318 g/mol. The molecule has 2 fully saturated rings. The van der Waals surface area contributed by atoms with Gasteiger partial charge in [-0.25, -0.2) is 4.98 Å². The summed E-state index contributed by atoms with van der Waals surface area (Å²) in [7, 11) is 0. The topological polar surface area (TPSA) is 73.1 Å². The molecule has 7 nitrogen and oxygen atoms in total. The Balaban J connectivity index is 1.47. The number of amides is 1. The summed E-state index contributed by atoms with van der Waals surface area (Å²) >= 11 is 0. The average Bonchev–Trinajstić information content (AvgIpc) is 3.30. The van der Waals surface area contributed by atoms with Crippen molar-refractivity contribution < 1.29 is 9.53 Å². The summed E-state index contributed by atoms with van der Waals surface area (Å²) in [6, 6.07) is 3.65. The molecule has 3 heterocycles. The first kappa shape index (κ1) is 16.2. The fourth-order valence-corrected chi connectivity index (χ4v) is 3.43. The molecule has 0 N–H and O–H groups in total. The zero-order valence-corrected chi connectivity index (χ0v) is 14.3. The smallest absolute Gasteiger partial charge is 0.255 e. The predicted molar refractivity (Wildman–Crippen MR) is 91.4 cm³/mol. The van der Waals surface area contributed by atoms with Crippen molar-refractivity contribution in [3.63, 3.8) is 0 Å². The van der Waals surface area contributed by atoms with Gasteiger partial charge in [-0.05, 0) is 43.7 Å². The SMILES string of the molecule is O=C(c1ccc(-n2cnnc2)nc1)N(CC1CCC1)C[C@@H]1CCCO1. The minimum absolute atomic E-state index is 0.0465. The molecule has 2 aliphatic rings. The van der Waals surface area contributed by atoms with Crippen LogP contribution in [0.4, 0.5) is 0 Å². The van der Waals surface area contributed by atoms with E-state index in [1.54, 1.807) is 23.4 Å². The van der Waals surface area contributed by atoms with E-state index in [-0.39, 0.29) is 12.0 Å². The molecule has 1 aliphatic carbocycles. The van der Waals surface area contributed by atoms with Crippen LogP contribution in [0.15, 0.2) is 31.0 Å². The van der Waals surface area contributed by atoms with Gasteiger partial charge >= 0.3 is 0 Å². The molecule has 1 amide bonds. The van der Waals surface area contributed by atoms with E-state index >= 15 is 0 Å². The van der Waals surface area contributed by atoms with Crippen molar-refractivity contribution in [2.24, 2.45) is 5.92 Å². The van der Waals surface area contributed by atoms with Crippen molar-refractivity contribution in [1.29, 1.82) is 0 Å². The van der Waals surface area contributed by atoms with E-state index in [2.05, 4.69) is 15.2 Å². The normalized spacial score (nSPS) is 20.4. The molecule has 1 atom stereocenters. The molecule has 2 aromatic heterocycles. The van der Waals surface area contributed by atoms with Crippen LogP contribution in [0.2, 0.25) is 0 Å². The van der Waals surface area contributed by atoms with Crippen LogP contribution in [-0.2, 0) is 4.74 Å². The molecule has 7 heteroatoms. The van der Waals surface area contributed by atoms with E-state index in [4.69, 9.17) is 4.74 Å². The molecule has 0 spiro atoms. The van der Waals surface area contributed by atoms with E-state index in [1.807, 2.05) is 17.0 Å². The maximum Gasteiger partial charge on any atom is 0.255 e. The summed E-state index contributed by atoms with van der Waals surface area (Å²) in [6.07, 6.45) is 10.8. The number of pyridine rings is 1. The number of carbonyl (C=O) groups excluding carboxylic acids is 1. The summed E-state index contributed by atoms with van der Waals surface area (Å²) in [6.45, 7) is 2.32. The lowest BCUT2D eigenvalue weighted by Crippen LogP contribution is -2.41. The van der Waals surface area contributed by atoms with Gasteiger partial charge in [-0.2, -0.15) is 0 Å². The third-order valence-corrected chi connectivity index (χ3v) is 5.12. The van der Waals surface area contributed by atoms with Gasteiger partial charge in [-0.15, -0.1) is 10.2 Å². The van der Waals surface area contributed by atoms with Crippen LogP contribution in [0.3, 0.4) is 0 Å². The van der Waals surface area contributed by atoms with E-state index in [1.165, 1.54) is 19.3 Å². The maximum atomic E-state index is 13.0. The summed E-state index contributed by atoms with van der Waals surface area (Å²) in [5.74, 6) is 1.38. The molecule has 0 aromatic carbocycles. The number of hydrogen-bond acceptors (Lipinski definition) is 5. The highest BCUT2D eigenvalue weighted by atomic mass is 16.5. The number of rotatable bonds is 6. The standard InChI is InChI=1S/C18H23N5O2/c24-18(15-6-7-17(19-9-15)23-12-20-21-13-23)22(10-14-3-1-4-14)11-16-5-2-8-25-16/h6-7,9,12-14,16H,1-5,8,10-11H2/t16-/m0/s1. The predicted octanol–water partition coefficient (Wildman–Crippen LogP) is 2.08. The van der Waals surface area contributed by atoms with Crippen molar-refractivity contribution in [2.75, 3.05) is 19.7 Å². The molecule has 25 heavy (non-hydrogen) atoms. The van der Waals surface area contributed by atoms with Gasteiger partial charge in [-0.1, -0.05) is 6.42 Å². The van der Waals surface area contributed by atoms with Crippen molar-refractivity contribution in [1.82, 2.24) is 24.6 Å². The lowest BCUT2D eigenvalue weighted by Gasteiger charge is -2.33. The maximum absolute atomic E-state index is 13.0. The van der Waals surface area contributed by atoms with Crippen molar-refractivity contribution in [2.45, 2.75) is 38.2 Å². The highest BCUT2D eigenvalue weighted by molar-refractivity contribution is 5.94. The van der Waals surface area contributed by atoms with Crippen LogP contribution < -0.4 is 0 Å². The Bertz CT molecular complexity index is 691. The molecule has 1 saturated heterocycles. The third kappa shape index (κ3) is 3.71. The third-order valence-electron chi connectivity index (χ3n) is 5.12. The highest BCUT2D eigenvalue weighted by Gasteiger charge is 2.28. The Morgan fingerprint density at radius 2 is 2.00 bits per heavy atom. The van der Waals surface area contributed by atoms with E-state index in [0.717, 1.165) is 26.0 Å². The van der Waals surface area contributed by atoms with Gasteiger partial charge in [0.05, 0.1) is 11.7 Å². The fourth-order valence-electron chi connectivity index (χ4n) is 3.43. The molecule has 2 aromatic rings. The largest absolute Gasteiger partial charge is 0.376 e. The van der Waals surface area contributed by atoms with Crippen LogP contribution in [0.5, 0.6) is 0 Å². The van der Waals surface area contributed by atoms with Crippen molar-refractivity contribution in [3.8, 4) is 5.82 Å². The van der Waals surface area contributed by atoms with Crippen molar-refractivity contribution >= 4 is 5.91 Å². The first-order chi connectivity index (χ1) is 12.3. The van der Waals surface area contributed by atoms with Crippen LogP contribution in [0, 0.1) is 5.92 Å². The van der Waals surface area contributed by atoms with Crippen molar-refractivity contribution in [3.05, 3.63) is 36.5 Å². The van der Waals surface area contributed by atoms with Gasteiger partial charge in [0.15, 0.2) is 0 Å². The second-order valence-corrected chi connectivity index (χ2v) is 6.92.